The van der Waals surface area contributed by atoms with Crippen LogP contribution in [0.3, 0.4) is 0 Å². The van der Waals surface area contributed by atoms with Gasteiger partial charge in [-0.25, -0.2) is 0 Å². The first-order valence-electron chi connectivity index (χ1n) is 6.18. The Bertz CT molecular complexity index is 204. The second kappa shape index (κ2) is 9.40. The van der Waals surface area contributed by atoms with E-state index >= 15 is 0 Å². The molecule has 0 radical (unpaired) electrons. The fraction of sp³-hybridized carbons (Fsp3) is 0.769. The van der Waals surface area contributed by atoms with Gasteiger partial charge in [0.1, 0.15) is 6.04 Å². The molecule has 0 aromatic heterocycles. The third-order valence-electron chi connectivity index (χ3n) is 2.73. The molecule has 3 heteroatoms. The molecule has 0 rings (SSSR count). The van der Waals surface area contributed by atoms with E-state index in [1.807, 2.05) is 0 Å². The molecule has 0 aliphatic heterocycles. The van der Waals surface area contributed by atoms with Crippen molar-refractivity contribution in [3.63, 3.8) is 0 Å². The molecule has 0 aliphatic carbocycles. The first-order valence-corrected chi connectivity index (χ1v) is 6.18. The van der Waals surface area contributed by atoms with Crippen LogP contribution in [0.5, 0.6) is 0 Å². The molecule has 0 saturated carbocycles. The first kappa shape index (κ1) is 15.2. The van der Waals surface area contributed by atoms with Crippen molar-refractivity contribution < 1.29 is 9.53 Å². The van der Waals surface area contributed by atoms with Gasteiger partial charge in [0.15, 0.2) is 0 Å². The highest BCUT2D eigenvalue weighted by atomic mass is 16.5. The average Bonchev–Trinajstić information content (AvgIpc) is 2.29. The zero-order chi connectivity index (χ0) is 12.4. The van der Waals surface area contributed by atoms with Crippen LogP contribution in [0.2, 0.25) is 0 Å². The number of carbonyl (C=O) groups excluding carboxylic acids is 1. The molecule has 0 fully saturated rings. The molecular weight excluding hydrogens is 202 g/mol. The van der Waals surface area contributed by atoms with Crippen LogP contribution in [0.1, 0.15) is 46.0 Å². The molecule has 0 aliphatic rings. The van der Waals surface area contributed by atoms with E-state index in [-0.39, 0.29) is 5.97 Å². The maximum atomic E-state index is 11.4. The molecule has 0 bridgehead atoms. The zero-order valence-corrected chi connectivity index (χ0v) is 10.6. The van der Waals surface area contributed by atoms with E-state index in [4.69, 9.17) is 10.5 Å². The summed E-state index contributed by atoms with van der Waals surface area (Å²) in [6, 6.07) is -0.554. The fourth-order valence-electron chi connectivity index (χ4n) is 1.48. The van der Waals surface area contributed by atoms with Gasteiger partial charge in [-0.15, -0.1) is 6.58 Å². The third-order valence-corrected chi connectivity index (χ3v) is 2.73. The van der Waals surface area contributed by atoms with Crippen molar-refractivity contribution in [3.8, 4) is 0 Å². The molecule has 2 atom stereocenters. The van der Waals surface area contributed by atoms with Crippen molar-refractivity contribution in [3.05, 3.63) is 12.7 Å². The number of nitrogens with two attached hydrogens (primary N) is 1. The Morgan fingerprint density at radius 3 is 2.69 bits per heavy atom. The smallest absolute Gasteiger partial charge is 0.323 e. The van der Waals surface area contributed by atoms with Crippen molar-refractivity contribution in [2.24, 2.45) is 11.7 Å². The summed E-state index contributed by atoms with van der Waals surface area (Å²) in [5.41, 5.74) is 5.61. The molecule has 3 nitrogen and oxygen atoms in total. The Morgan fingerprint density at radius 1 is 1.50 bits per heavy atom. The lowest BCUT2D eigenvalue weighted by atomic mass is 10.0. The van der Waals surface area contributed by atoms with Crippen LogP contribution in [-0.2, 0) is 9.53 Å². The summed E-state index contributed by atoms with van der Waals surface area (Å²) in [4.78, 5) is 11.4. The average molecular weight is 227 g/mol. The van der Waals surface area contributed by atoms with E-state index in [9.17, 15) is 4.79 Å². The number of esters is 1. The number of hydrogen-bond donors (Lipinski definition) is 1. The van der Waals surface area contributed by atoms with Gasteiger partial charge in [-0.1, -0.05) is 39.2 Å². The van der Waals surface area contributed by atoms with Crippen LogP contribution in [0.4, 0.5) is 0 Å². The minimum atomic E-state index is -0.554. The standard InChI is InChI=1S/C13H25NO2/c1-4-7-9-11(6-3)10-16-13(15)12(14)8-5-2/h5,11-12H,2,4,6-10,14H2,1,3H3. The summed E-state index contributed by atoms with van der Waals surface area (Å²) >= 11 is 0. The Kier molecular flexibility index (Phi) is 8.91. The Hall–Kier alpha value is -0.830. The molecule has 0 saturated heterocycles. The Labute approximate surface area is 99.0 Å². The van der Waals surface area contributed by atoms with Gasteiger partial charge in [-0.2, -0.15) is 0 Å². The largest absolute Gasteiger partial charge is 0.464 e. The van der Waals surface area contributed by atoms with Crippen LogP contribution in [0.25, 0.3) is 0 Å². The predicted octanol–water partition coefficient (Wildman–Crippen LogP) is 2.65. The fourth-order valence-corrected chi connectivity index (χ4v) is 1.48. The molecule has 0 amide bonds. The van der Waals surface area contributed by atoms with Crippen molar-refractivity contribution in [1.29, 1.82) is 0 Å². The van der Waals surface area contributed by atoms with E-state index in [0.717, 1.165) is 12.8 Å². The highest BCUT2D eigenvalue weighted by Gasteiger charge is 2.15. The Morgan fingerprint density at radius 2 is 2.19 bits per heavy atom. The lowest BCUT2D eigenvalue weighted by Crippen LogP contribution is -2.32. The van der Waals surface area contributed by atoms with Gasteiger partial charge >= 0.3 is 5.97 Å². The van der Waals surface area contributed by atoms with Crippen molar-refractivity contribution in [2.75, 3.05) is 6.61 Å². The van der Waals surface area contributed by atoms with Crippen LogP contribution in [0, 0.1) is 5.92 Å². The van der Waals surface area contributed by atoms with Gasteiger partial charge < -0.3 is 10.5 Å². The van der Waals surface area contributed by atoms with Gasteiger partial charge in [-0.3, -0.25) is 4.79 Å². The normalized spacial score (nSPS) is 14.2. The molecule has 0 spiro atoms. The maximum absolute atomic E-state index is 11.4. The minimum absolute atomic E-state index is 0.310. The molecule has 16 heavy (non-hydrogen) atoms. The summed E-state index contributed by atoms with van der Waals surface area (Å²) < 4.78 is 5.19. The van der Waals surface area contributed by atoms with Crippen LogP contribution >= 0.6 is 0 Å². The summed E-state index contributed by atoms with van der Waals surface area (Å²) in [6.07, 6.45) is 6.65. The maximum Gasteiger partial charge on any atom is 0.323 e. The number of carbonyl (C=O) groups is 1. The van der Waals surface area contributed by atoms with Crippen LogP contribution in [-0.4, -0.2) is 18.6 Å². The highest BCUT2D eigenvalue weighted by molar-refractivity contribution is 5.75. The predicted molar refractivity (Wildman–Crippen MR) is 67.1 cm³/mol. The third kappa shape index (κ3) is 6.62. The van der Waals surface area contributed by atoms with E-state index in [1.54, 1.807) is 6.08 Å². The first-order chi connectivity index (χ1) is 7.65. The monoisotopic (exact) mass is 227 g/mol. The van der Waals surface area contributed by atoms with Gasteiger partial charge in [0, 0.05) is 0 Å². The van der Waals surface area contributed by atoms with Crippen molar-refractivity contribution >= 4 is 5.97 Å². The molecule has 0 heterocycles. The zero-order valence-electron chi connectivity index (χ0n) is 10.6. The van der Waals surface area contributed by atoms with Gasteiger partial charge in [0.05, 0.1) is 6.61 Å². The van der Waals surface area contributed by atoms with E-state index in [0.29, 0.717) is 18.9 Å². The number of hydrogen-bond acceptors (Lipinski definition) is 3. The number of rotatable bonds is 9. The lowest BCUT2D eigenvalue weighted by molar-refractivity contribution is -0.146. The lowest BCUT2D eigenvalue weighted by Gasteiger charge is -2.16. The molecule has 0 aromatic carbocycles. The van der Waals surface area contributed by atoms with Gasteiger partial charge in [0.2, 0.25) is 0 Å². The summed E-state index contributed by atoms with van der Waals surface area (Å²) in [7, 11) is 0. The summed E-state index contributed by atoms with van der Waals surface area (Å²) in [5, 5.41) is 0. The summed E-state index contributed by atoms with van der Waals surface area (Å²) in [5.74, 6) is 0.162. The second-order valence-electron chi connectivity index (χ2n) is 4.18. The molecule has 2 unspecified atom stereocenters. The molecule has 0 aromatic rings. The van der Waals surface area contributed by atoms with Crippen LogP contribution in [0.15, 0.2) is 12.7 Å². The van der Waals surface area contributed by atoms with Crippen LogP contribution < -0.4 is 5.73 Å². The SMILES string of the molecule is C=CCC(N)C(=O)OCC(CC)CCCC. The van der Waals surface area contributed by atoms with Crippen molar-refractivity contribution in [1.82, 2.24) is 0 Å². The number of ether oxygens (including phenoxy) is 1. The quantitative estimate of drug-likeness (QED) is 0.486. The van der Waals surface area contributed by atoms with Gasteiger partial charge in [0.25, 0.3) is 0 Å². The van der Waals surface area contributed by atoms with E-state index in [1.165, 1.54) is 12.8 Å². The van der Waals surface area contributed by atoms with E-state index < -0.39 is 6.04 Å². The molecular formula is C13H25NO2. The molecule has 94 valence electrons. The van der Waals surface area contributed by atoms with E-state index in [2.05, 4.69) is 20.4 Å². The minimum Gasteiger partial charge on any atom is -0.464 e. The Balaban J connectivity index is 3.82. The topological polar surface area (TPSA) is 52.3 Å². The molecule has 2 N–H and O–H groups in total. The second-order valence-corrected chi connectivity index (χ2v) is 4.18. The highest BCUT2D eigenvalue weighted by Crippen LogP contribution is 2.13. The number of unbranched alkanes of at least 4 members (excludes halogenated alkanes) is 1. The van der Waals surface area contributed by atoms with Gasteiger partial charge in [-0.05, 0) is 18.8 Å². The summed E-state index contributed by atoms with van der Waals surface area (Å²) in [6.45, 7) is 8.34. The van der Waals surface area contributed by atoms with Crippen molar-refractivity contribution in [2.45, 2.75) is 52.0 Å².